The molecule has 392 valence electrons. The molecule has 15 nitrogen and oxygen atoms in total. The van der Waals surface area contributed by atoms with Gasteiger partial charge in [-0.15, -0.1) is 0 Å². The van der Waals surface area contributed by atoms with Crippen molar-refractivity contribution in [1.82, 2.24) is 14.7 Å². The number of aryl methyl sites for hydroxylation is 1. The smallest absolute Gasteiger partial charge is 0.329 e. The molecule has 0 spiro atoms. The molecule has 1 unspecified atom stereocenters. The van der Waals surface area contributed by atoms with Crippen LogP contribution in [0.3, 0.4) is 0 Å². The number of Topliss-reactive ketones (excluding diaryl/α,β-unsaturated/α-hetero) is 2. The van der Waals surface area contributed by atoms with Crippen LogP contribution in [0.1, 0.15) is 132 Å². The molecule has 15 atom stereocenters. The Hall–Kier alpha value is -3.99. The molecule has 2 bridgehead atoms. The molecule has 1 aliphatic carbocycles. The van der Waals surface area contributed by atoms with E-state index in [1.165, 1.54) is 12.0 Å². The molecule has 0 aromatic carbocycles. The minimum Gasteiger partial charge on any atom is -0.461 e. The Morgan fingerprint density at radius 2 is 1.67 bits per heavy atom. The summed E-state index contributed by atoms with van der Waals surface area (Å²) in [4.78, 5) is 60.7. The summed E-state index contributed by atoms with van der Waals surface area (Å²) in [5, 5.41) is 28.1. The zero-order chi connectivity index (χ0) is 51.4. The molecule has 3 aliphatic heterocycles. The number of nitrogens with two attached hydrogens (primary N) is 1. The van der Waals surface area contributed by atoms with Crippen LogP contribution in [0.5, 0.6) is 0 Å². The van der Waals surface area contributed by atoms with Crippen molar-refractivity contribution in [3.8, 4) is 0 Å². The van der Waals surface area contributed by atoms with Crippen LogP contribution in [-0.2, 0) is 45.2 Å². The van der Waals surface area contributed by atoms with Gasteiger partial charge in [-0.25, -0.2) is 4.79 Å². The molecule has 4 heterocycles. The fraction of sp³-hybridized carbons (Fsp3) is 0.727. The third-order valence-electron chi connectivity index (χ3n) is 16.0. The van der Waals surface area contributed by atoms with E-state index in [0.29, 0.717) is 75.2 Å². The van der Waals surface area contributed by atoms with Gasteiger partial charge in [0.2, 0.25) is 5.79 Å². The number of esters is 1. The van der Waals surface area contributed by atoms with Gasteiger partial charge in [-0.05, 0) is 127 Å². The monoisotopic (exact) mass is 978 g/mol. The number of piperidine rings is 1. The Morgan fingerprint density at radius 1 is 0.929 bits per heavy atom. The van der Waals surface area contributed by atoms with Crippen LogP contribution in [0.4, 0.5) is 5.82 Å². The number of allylic oxidation sites excluding steroid dienone is 5. The number of fused-ring (bicyclic) bond motifs is 3. The first kappa shape index (κ1) is 56.9. The van der Waals surface area contributed by atoms with Crippen molar-refractivity contribution in [2.75, 3.05) is 32.7 Å². The SMILES string of the molecule is CO[C@@H]1C[C@H](C[C@@H](C)[C@@H]2CC[C@H](N)/C=C(\C)[C@@H](O)[C@@H](OC)C(=O)[C@H](C)C[C@H](C)/C=C/C=C/C=C(\C)[C@@H](N(C)c3ccnn3C)C[C@@H]3CC[C@@H](C)[C@@](O)(O3)C(=O)C(=O)N3CCCCC3C(=O)O2)CC[C@H]1C. The van der Waals surface area contributed by atoms with Crippen LogP contribution in [0, 0.1) is 35.5 Å². The molecule has 5 rings (SSSR count). The number of aliphatic hydroxyl groups excluding tert-OH is 1. The molecule has 4 aliphatic rings. The fourth-order valence-electron chi connectivity index (χ4n) is 11.4. The first-order chi connectivity index (χ1) is 33.2. The maximum Gasteiger partial charge on any atom is 0.329 e. The number of ketones is 2. The van der Waals surface area contributed by atoms with Crippen LogP contribution >= 0.6 is 0 Å². The Kier molecular flexibility index (Phi) is 21.2. The lowest BCUT2D eigenvalue weighted by Crippen LogP contribution is -2.61. The van der Waals surface area contributed by atoms with Gasteiger partial charge < -0.3 is 44.7 Å². The normalized spacial score (nSPS) is 38.3. The van der Waals surface area contributed by atoms with E-state index in [2.05, 4.69) is 23.8 Å². The largest absolute Gasteiger partial charge is 0.461 e. The molecular weight excluding hydrogens is 891 g/mol. The van der Waals surface area contributed by atoms with Crippen molar-refractivity contribution in [2.45, 2.75) is 186 Å². The quantitative estimate of drug-likeness (QED) is 0.141. The number of nitrogens with zero attached hydrogens (tertiary/aromatic N) is 4. The van der Waals surface area contributed by atoms with Crippen LogP contribution < -0.4 is 10.6 Å². The van der Waals surface area contributed by atoms with Gasteiger partial charge in [-0.1, -0.05) is 76.6 Å². The number of likely N-dealkylation sites (N-methyl/N-ethyl adjacent to an activating group) is 1. The highest BCUT2D eigenvalue weighted by molar-refractivity contribution is 6.39. The molecule has 1 saturated carbocycles. The number of methoxy groups -OCH3 is 2. The molecule has 70 heavy (non-hydrogen) atoms. The number of cyclic esters (lactones) is 1. The lowest BCUT2D eigenvalue weighted by atomic mass is 9.76. The van der Waals surface area contributed by atoms with Gasteiger partial charge in [-0.2, -0.15) is 5.10 Å². The summed E-state index contributed by atoms with van der Waals surface area (Å²) in [5.41, 5.74) is 8.23. The predicted molar refractivity (Wildman–Crippen MR) is 271 cm³/mol. The van der Waals surface area contributed by atoms with Crippen molar-refractivity contribution in [3.63, 3.8) is 0 Å². The molecule has 15 heteroatoms. The first-order valence-electron chi connectivity index (χ1n) is 26.1. The third kappa shape index (κ3) is 14.4. The summed E-state index contributed by atoms with van der Waals surface area (Å²) in [6.07, 6.45) is 18.1. The van der Waals surface area contributed by atoms with Crippen molar-refractivity contribution >= 4 is 29.3 Å². The molecule has 1 aromatic heterocycles. The van der Waals surface area contributed by atoms with Crippen molar-refractivity contribution in [3.05, 3.63) is 59.9 Å². The molecule has 0 radical (unpaired) electrons. The average molecular weight is 978 g/mol. The number of aromatic nitrogens is 2. The highest BCUT2D eigenvalue weighted by Crippen LogP contribution is 2.39. The van der Waals surface area contributed by atoms with E-state index in [1.54, 1.807) is 37.9 Å². The van der Waals surface area contributed by atoms with Gasteiger partial charge in [-0.3, -0.25) is 19.1 Å². The number of anilines is 1. The van der Waals surface area contributed by atoms with E-state index >= 15 is 0 Å². The minimum atomic E-state index is -2.41. The number of rotatable bonds is 7. The first-order valence-corrected chi connectivity index (χ1v) is 26.1. The van der Waals surface area contributed by atoms with E-state index in [-0.39, 0.29) is 36.3 Å². The third-order valence-corrected chi connectivity index (χ3v) is 16.0. The molecule has 1 aromatic rings. The summed E-state index contributed by atoms with van der Waals surface area (Å²) in [6, 6.07) is 0.0836. The lowest BCUT2D eigenvalue weighted by Gasteiger charge is -2.43. The number of aliphatic hydroxyl groups is 2. The molecule has 1 amide bonds. The molecular formula is C55H87N5O10. The van der Waals surface area contributed by atoms with Crippen LogP contribution in [0.15, 0.2) is 59.9 Å². The van der Waals surface area contributed by atoms with Gasteiger partial charge in [0.25, 0.3) is 11.7 Å². The Balaban J connectivity index is 1.49. The van der Waals surface area contributed by atoms with E-state index in [0.717, 1.165) is 37.1 Å². The number of hydrogen-bond donors (Lipinski definition) is 3. The van der Waals surface area contributed by atoms with Crippen molar-refractivity contribution in [1.29, 1.82) is 0 Å². The summed E-state index contributed by atoms with van der Waals surface area (Å²) < 4.78 is 26.1. The number of hydrogen-bond acceptors (Lipinski definition) is 13. The summed E-state index contributed by atoms with van der Waals surface area (Å²) in [7, 11) is 7.02. The summed E-state index contributed by atoms with van der Waals surface area (Å²) in [5.74, 6) is -4.69. The highest BCUT2D eigenvalue weighted by atomic mass is 16.6. The molecule has 3 fully saturated rings. The average Bonchev–Trinajstić information content (AvgIpc) is 3.77. The summed E-state index contributed by atoms with van der Waals surface area (Å²) in [6.45, 7) is 13.8. The maximum absolute atomic E-state index is 14.5. The zero-order valence-corrected chi connectivity index (χ0v) is 44.1. The van der Waals surface area contributed by atoms with Crippen LogP contribution in [0.25, 0.3) is 0 Å². The van der Waals surface area contributed by atoms with E-state index in [1.807, 2.05) is 71.3 Å². The van der Waals surface area contributed by atoms with Gasteiger partial charge in [0.15, 0.2) is 5.78 Å². The second-order valence-corrected chi connectivity index (χ2v) is 21.5. The van der Waals surface area contributed by atoms with Gasteiger partial charge >= 0.3 is 5.97 Å². The predicted octanol–water partition coefficient (Wildman–Crippen LogP) is 7.19. The maximum atomic E-state index is 14.5. The van der Waals surface area contributed by atoms with Gasteiger partial charge in [0.1, 0.15) is 30.2 Å². The van der Waals surface area contributed by atoms with E-state index in [4.69, 9.17) is 24.7 Å². The zero-order valence-electron chi connectivity index (χ0n) is 44.1. The Bertz CT molecular complexity index is 2030. The number of amides is 1. The lowest BCUT2D eigenvalue weighted by molar-refractivity contribution is -0.263. The minimum absolute atomic E-state index is 0.0422. The number of ether oxygens (including phenoxy) is 4. The standard InChI is InChI=1S/C55H87N5O10/c1-34-17-13-12-14-18-35(2)45(58(8)48-26-27-57-59(48)9)33-43-24-21-40(7)55(66,70-43)52(63)53(64)60-28-16-15-19-44(60)54(65)69-46(37(4)30-41-22-20-36(3)47(32-41)67-10)25-23-42(56)31-39(6)50(62)51(68-11)49(61)38(5)29-34/h12-14,17-18,26-27,31,34,36-38,40-47,50-51,62,66H,15-16,19-25,28-30,32-33,56H2,1-11H3/b14-12+,17-13+,35-18+,39-31+/t34-,36-,37-,38-,40-,41+,42+,43+,44?,45+,46+,47-,50-,51+,55-/m1/s1. The van der Waals surface area contributed by atoms with Gasteiger partial charge in [0.05, 0.1) is 24.4 Å². The fourth-order valence-corrected chi connectivity index (χ4v) is 11.4. The van der Waals surface area contributed by atoms with Crippen molar-refractivity contribution in [2.24, 2.45) is 48.3 Å². The topological polar surface area (TPSA) is 196 Å². The second kappa shape index (κ2) is 26.1. The Labute approximate surface area is 418 Å². The second-order valence-electron chi connectivity index (χ2n) is 21.5. The van der Waals surface area contributed by atoms with Crippen LogP contribution in [-0.4, -0.2) is 131 Å². The summed E-state index contributed by atoms with van der Waals surface area (Å²) >= 11 is 0. The number of carbonyl (C=O) groups excluding carboxylic acids is 4. The van der Waals surface area contributed by atoms with Crippen LogP contribution in [0.2, 0.25) is 0 Å². The highest BCUT2D eigenvalue weighted by Gasteiger charge is 2.53. The van der Waals surface area contributed by atoms with E-state index in [9.17, 15) is 29.4 Å². The molecule has 2 saturated heterocycles. The number of carbonyl (C=O) groups is 4. The Morgan fingerprint density at radius 3 is 2.36 bits per heavy atom. The van der Waals surface area contributed by atoms with Crippen molar-refractivity contribution < 1.29 is 48.3 Å². The molecule has 4 N–H and O–H groups in total. The van der Waals surface area contributed by atoms with E-state index < -0.39 is 71.8 Å². The van der Waals surface area contributed by atoms with Gasteiger partial charge in [0, 0.05) is 58.8 Å².